The average molecular weight is 1100 g/mol. The number of ether oxygens (including phenoxy) is 2. The van der Waals surface area contributed by atoms with E-state index in [-0.39, 0.29) is 39.0 Å². The predicted molar refractivity (Wildman–Crippen MR) is 183 cm³/mol. The Balaban J connectivity index is 0. The Kier molecular flexibility index (Phi) is 27.5. The van der Waals surface area contributed by atoms with Crippen molar-refractivity contribution in [2.45, 2.75) is 50.4 Å². The molecule has 0 N–H and O–H groups in total. The van der Waals surface area contributed by atoms with Crippen LogP contribution < -0.4 is 20.4 Å². The molecule has 4 aromatic carbocycles. The van der Waals surface area contributed by atoms with Crippen molar-refractivity contribution in [1.82, 2.24) is 0 Å². The molecule has 2 saturated heterocycles. The van der Waals surface area contributed by atoms with E-state index in [0.717, 1.165) is 75.0 Å². The van der Waals surface area contributed by atoms with Crippen molar-refractivity contribution in [3.63, 3.8) is 0 Å². The largest absolute Gasteiger partial charge is 2.00 e. The third-order valence-electron chi connectivity index (χ3n) is 7.46. The predicted octanol–water partition coefficient (Wildman–Crippen LogP) is 5.86. The number of hydrogen-bond donors (Lipinski definition) is 0. The van der Waals surface area contributed by atoms with E-state index < -0.39 is 93.1 Å². The van der Waals surface area contributed by atoms with Gasteiger partial charge in [-0.3, -0.25) is 0 Å². The average Bonchev–Trinajstić information content (AvgIpc) is 3.99. The Labute approximate surface area is 381 Å². The van der Waals surface area contributed by atoms with Gasteiger partial charge in [0.25, 0.3) is 0 Å². The second kappa shape index (κ2) is 28.8. The van der Waals surface area contributed by atoms with Gasteiger partial charge < -0.3 is 49.1 Å². The van der Waals surface area contributed by atoms with Gasteiger partial charge in [0.1, 0.15) is 0 Å². The summed E-state index contributed by atoms with van der Waals surface area (Å²) >= 11 is 0. The number of carbonyl (C=O) groups excluding carboxylic acids is 4. The summed E-state index contributed by atoms with van der Waals surface area (Å²) < 4.78 is 155. The molecule has 6 rings (SSSR count). The number of alkyl halides is 12. The number of carboxylic acid groups (broad SMARTS) is 4. The Morgan fingerprint density at radius 2 is 0.500 bits per heavy atom. The van der Waals surface area contributed by atoms with Crippen LogP contribution in [0, 0.1) is 0 Å². The van der Waals surface area contributed by atoms with Gasteiger partial charge in [-0.2, -0.15) is 52.7 Å². The molecule has 0 atom stereocenters. The molecule has 64 heavy (non-hydrogen) atoms. The molecule has 0 unspecified atom stereocenters. The monoisotopic (exact) mass is 1100 g/mol. The van der Waals surface area contributed by atoms with Crippen molar-refractivity contribution in [3.05, 3.63) is 142 Å². The summed E-state index contributed by atoms with van der Waals surface area (Å²) in [5.41, 5.74) is -8.09. The number of aromatic carboxylic acids is 4. The van der Waals surface area contributed by atoms with Gasteiger partial charge in [0.05, 0.1) is 46.1 Å². The van der Waals surface area contributed by atoms with Gasteiger partial charge in [-0.05, 0) is 49.9 Å². The first-order valence-electron chi connectivity index (χ1n) is 17.4. The molecular weight excluding hydrogens is 1070 g/mol. The number of halogens is 12. The molecule has 0 bridgehead atoms. The first-order valence-corrected chi connectivity index (χ1v) is 17.4. The topological polar surface area (TPSA) is 179 Å². The zero-order valence-electron chi connectivity index (χ0n) is 32.2. The summed E-state index contributed by atoms with van der Waals surface area (Å²) in [6.45, 7) is 4.00. The van der Waals surface area contributed by atoms with Crippen LogP contribution in [0.25, 0.3) is 0 Å². The van der Waals surface area contributed by atoms with Crippen LogP contribution in [-0.4, -0.2) is 50.3 Å². The molecule has 0 saturated carbocycles. The smallest absolute Gasteiger partial charge is 0.545 e. The van der Waals surface area contributed by atoms with Crippen molar-refractivity contribution in [2.75, 3.05) is 26.4 Å². The molecule has 2 fully saturated rings. The molecule has 2 aliphatic rings. The SMILES string of the molecule is C1CCOC1.C1CCOC1.O=C([O-])c1ccccc1C(F)(F)F.O=C([O-])c1ccccc1C(F)(F)F.O=C([O-])c1ccccc1C(F)(F)F.O=C([O-])c1ccccc1C(F)(F)F.[Ru+2].[Ru+2]. The van der Waals surface area contributed by atoms with Gasteiger partial charge in [0.15, 0.2) is 0 Å². The standard InChI is InChI=1S/4C8H5F3O2.2C4H8O.2Ru/c4*9-8(10,11)6-4-2-1-3-5(6)7(12)13;2*1-2-4-5-3-1;;/h4*1-4H,(H,12,13);2*1-4H2;;/q;;;;;;2*+2/p-4. The molecule has 4 aromatic rings. The fourth-order valence-electron chi connectivity index (χ4n) is 4.65. The van der Waals surface area contributed by atoms with Crippen LogP contribution in [0.4, 0.5) is 52.7 Å². The molecular formula is C40H32F12O10Ru2. The van der Waals surface area contributed by atoms with Crippen LogP contribution in [0.1, 0.15) is 89.4 Å². The van der Waals surface area contributed by atoms with Gasteiger partial charge in [0.2, 0.25) is 0 Å². The van der Waals surface area contributed by atoms with E-state index in [0.29, 0.717) is 24.3 Å². The van der Waals surface area contributed by atoms with Crippen LogP contribution in [0.2, 0.25) is 0 Å². The van der Waals surface area contributed by atoms with Crippen molar-refractivity contribution in [3.8, 4) is 0 Å². The number of carbonyl (C=O) groups is 4. The number of carboxylic acids is 4. The molecule has 2 aliphatic heterocycles. The molecule has 0 radical (unpaired) electrons. The van der Waals surface area contributed by atoms with Crippen molar-refractivity contribution < 1.29 is 141 Å². The molecule has 0 aromatic heterocycles. The molecule has 352 valence electrons. The Morgan fingerprint density at radius 3 is 0.594 bits per heavy atom. The van der Waals surface area contributed by atoms with Gasteiger partial charge in [-0.25, -0.2) is 0 Å². The Bertz CT molecular complexity index is 1750. The Hall–Kier alpha value is -4.91. The molecule has 2 heterocycles. The molecule has 0 spiro atoms. The van der Waals surface area contributed by atoms with Crippen LogP contribution >= 0.6 is 0 Å². The number of hydrogen-bond acceptors (Lipinski definition) is 10. The zero-order chi connectivity index (χ0) is 47.3. The van der Waals surface area contributed by atoms with Gasteiger partial charge in [-0.1, -0.05) is 72.8 Å². The maximum atomic E-state index is 12.1. The molecule has 0 amide bonds. The van der Waals surface area contributed by atoms with E-state index in [1.807, 2.05) is 0 Å². The summed E-state index contributed by atoms with van der Waals surface area (Å²) in [5.74, 6) is -7.30. The summed E-state index contributed by atoms with van der Waals surface area (Å²) in [5, 5.41) is 41.0. The molecule has 0 aliphatic carbocycles. The molecule has 24 heteroatoms. The first-order chi connectivity index (χ1) is 28.7. The molecule has 10 nitrogen and oxygen atoms in total. The number of rotatable bonds is 4. The number of benzene rings is 4. The zero-order valence-corrected chi connectivity index (χ0v) is 35.7. The normalized spacial score (nSPS) is 12.9. The van der Waals surface area contributed by atoms with E-state index in [4.69, 9.17) is 9.47 Å². The van der Waals surface area contributed by atoms with Gasteiger partial charge in [-0.15, -0.1) is 0 Å². The van der Waals surface area contributed by atoms with Crippen LogP contribution in [-0.2, 0) is 73.1 Å². The van der Waals surface area contributed by atoms with Crippen molar-refractivity contribution >= 4 is 23.9 Å². The van der Waals surface area contributed by atoms with Crippen LogP contribution in [0.3, 0.4) is 0 Å². The van der Waals surface area contributed by atoms with Crippen molar-refractivity contribution in [1.29, 1.82) is 0 Å². The minimum absolute atomic E-state index is 0. The van der Waals surface area contributed by atoms with Crippen molar-refractivity contribution in [2.24, 2.45) is 0 Å². The van der Waals surface area contributed by atoms with E-state index in [1.165, 1.54) is 49.9 Å². The first kappa shape index (κ1) is 61.2. The third-order valence-corrected chi connectivity index (χ3v) is 7.46. The summed E-state index contributed by atoms with van der Waals surface area (Å²) in [7, 11) is 0. The minimum atomic E-state index is -4.66. The van der Waals surface area contributed by atoms with Crippen LogP contribution in [0.5, 0.6) is 0 Å². The van der Waals surface area contributed by atoms with E-state index in [2.05, 4.69) is 0 Å². The summed E-state index contributed by atoms with van der Waals surface area (Å²) in [6.07, 6.45) is -13.5. The summed E-state index contributed by atoms with van der Waals surface area (Å²) in [6, 6.07) is 15.6. The maximum Gasteiger partial charge on any atom is 2.00 e. The van der Waals surface area contributed by atoms with E-state index in [1.54, 1.807) is 0 Å². The second-order valence-electron chi connectivity index (χ2n) is 12.0. The fraction of sp³-hybridized carbons (Fsp3) is 0.300. The third kappa shape index (κ3) is 22.6. The van der Waals surface area contributed by atoms with Crippen LogP contribution in [0.15, 0.2) is 97.1 Å². The fourth-order valence-corrected chi connectivity index (χ4v) is 4.65. The quantitative estimate of drug-likeness (QED) is 0.178. The summed E-state index contributed by atoms with van der Waals surface area (Å²) in [4.78, 5) is 41.0. The van der Waals surface area contributed by atoms with Gasteiger partial charge >= 0.3 is 63.7 Å². The van der Waals surface area contributed by atoms with E-state index >= 15 is 0 Å². The van der Waals surface area contributed by atoms with Gasteiger partial charge in [0, 0.05) is 48.7 Å². The minimum Gasteiger partial charge on any atom is -0.545 e. The Morgan fingerprint density at radius 1 is 0.344 bits per heavy atom. The second-order valence-corrected chi connectivity index (χ2v) is 12.0. The van der Waals surface area contributed by atoms with E-state index in [9.17, 15) is 92.3 Å². The maximum absolute atomic E-state index is 12.1.